The minimum Gasteiger partial charge on any atom is -0.390 e. The molecule has 1 atom stereocenters. The summed E-state index contributed by atoms with van der Waals surface area (Å²) in [4.78, 5) is 2.18. The number of hydrogen-bond donors (Lipinski definition) is 2. The van der Waals surface area contributed by atoms with Gasteiger partial charge in [-0.05, 0) is 32.9 Å². The van der Waals surface area contributed by atoms with E-state index in [1.54, 1.807) is 0 Å². The van der Waals surface area contributed by atoms with Gasteiger partial charge in [0, 0.05) is 19.1 Å². The zero-order valence-corrected chi connectivity index (χ0v) is 8.79. The van der Waals surface area contributed by atoms with E-state index >= 15 is 0 Å². The molecule has 78 valence electrons. The molecule has 1 saturated carbocycles. The van der Waals surface area contributed by atoms with Gasteiger partial charge in [-0.25, -0.2) is 0 Å². The molecule has 0 aromatic heterocycles. The molecule has 0 saturated heterocycles. The predicted octanol–water partition coefficient (Wildman–Crippen LogP) is 0.441. The van der Waals surface area contributed by atoms with Gasteiger partial charge in [0.05, 0.1) is 6.10 Å². The predicted molar refractivity (Wildman–Crippen MR) is 54.8 cm³/mol. The fourth-order valence-electron chi connectivity index (χ4n) is 1.49. The van der Waals surface area contributed by atoms with Crippen molar-refractivity contribution < 1.29 is 5.11 Å². The summed E-state index contributed by atoms with van der Waals surface area (Å²) in [5, 5.41) is 12.9. The molecule has 0 aromatic carbocycles. The van der Waals surface area contributed by atoms with Crippen LogP contribution in [0.3, 0.4) is 0 Å². The van der Waals surface area contributed by atoms with Crippen molar-refractivity contribution in [2.24, 2.45) is 0 Å². The van der Waals surface area contributed by atoms with Crippen molar-refractivity contribution in [1.29, 1.82) is 0 Å². The third-order valence-electron chi connectivity index (χ3n) is 2.35. The third-order valence-corrected chi connectivity index (χ3v) is 2.35. The Hall–Kier alpha value is -0.120. The number of aliphatic hydroxyl groups excluding tert-OH is 1. The van der Waals surface area contributed by atoms with E-state index in [2.05, 4.69) is 24.2 Å². The maximum absolute atomic E-state index is 9.62. The first-order chi connectivity index (χ1) is 6.22. The Kier molecular flexibility index (Phi) is 4.70. The first-order valence-electron chi connectivity index (χ1n) is 5.32. The molecule has 1 fully saturated rings. The first kappa shape index (κ1) is 11.0. The number of hydrogen-bond acceptors (Lipinski definition) is 3. The summed E-state index contributed by atoms with van der Waals surface area (Å²) < 4.78 is 0. The van der Waals surface area contributed by atoms with E-state index in [0.717, 1.165) is 26.1 Å². The highest BCUT2D eigenvalue weighted by atomic mass is 16.3. The summed E-state index contributed by atoms with van der Waals surface area (Å²) in [5.74, 6) is 0. The van der Waals surface area contributed by atoms with Crippen LogP contribution in [-0.2, 0) is 0 Å². The van der Waals surface area contributed by atoms with Crippen LogP contribution in [0.2, 0.25) is 0 Å². The Bertz CT molecular complexity index is 137. The SMILES string of the molecule is CCCN(C)CC(O)CNC1CC1. The van der Waals surface area contributed by atoms with Crippen LogP contribution in [0.4, 0.5) is 0 Å². The number of nitrogens with zero attached hydrogens (tertiary/aromatic N) is 1. The molecule has 3 heteroatoms. The second-order valence-corrected chi connectivity index (χ2v) is 4.10. The Morgan fingerprint density at radius 2 is 2.23 bits per heavy atom. The van der Waals surface area contributed by atoms with Crippen LogP contribution in [0.5, 0.6) is 0 Å². The minimum atomic E-state index is -0.211. The molecule has 3 nitrogen and oxygen atoms in total. The van der Waals surface area contributed by atoms with Gasteiger partial charge in [-0.3, -0.25) is 0 Å². The molecule has 1 aliphatic carbocycles. The Morgan fingerprint density at radius 1 is 1.54 bits per heavy atom. The van der Waals surface area contributed by atoms with Gasteiger partial charge in [0.2, 0.25) is 0 Å². The molecule has 0 spiro atoms. The lowest BCUT2D eigenvalue weighted by molar-refractivity contribution is 0.124. The van der Waals surface area contributed by atoms with E-state index in [9.17, 15) is 5.11 Å². The molecule has 0 aliphatic heterocycles. The lowest BCUT2D eigenvalue weighted by Crippen LogP contribution is -2.37. The van der Waals surface area contributed by atoms with Crippen molar-refractivity contribution >= 4 is 0 Å². The second-order valence-electron chi connectivity index (χ2n) is 4.10. The van der Waals surface area contributed by atoms with Crippen LogP contribution in [-0.4, -0.2) is 48.8 Å². The normalized spacial score (nSPS) is 19.4. The second kappa shape index (κ2) is 5.58. The molecule has 2 N–H and O–H groups in total. The zero-order chi connectivity index (χ0) is 9.68. The maximum Gasteiger partial charge on any atom is 0.0791 e. The average Bonchev–Trinajstić information content (AvgIpc) is 2.84. The summed E-state index contributed by atoms with van der Waals surface area (Å²) >= 11 is 0. The van der Waals surface area contributed by atoms with Crippen LogP contribution < -0.4 is 5.32 Å². The van der Waals surface area contributed by atoms with E-state index < -0.39 is 0 Å². The van der Waals surface area contributed by atoms with E-state index in [0.29, 0.717) is 6.04 Å². The summed E-state index contributed by atoms with van der Waals surface area (Å²) in [6.45, 7) is 4.76. The standard InChI is InChI=1S/C10H22N2O/c1-3-6-12(2)8-10(13)7-11-9-4-5-9/h9-11,13H,3-8H2,1-2H3. The number of rotatable bonds is 7. The Morgan fingerprint density at radius 3 is 2.77 bits per heavy atom. The molecule has 0 radical (unpaired) electrons. The van der Waals surface area contributed by atoms with Crippen molar-refractivity contribution in [3.8, 4) is 0 Å². The number of likely N-dealkylation sites (N-methyl/N-ethyl adjacent to an activating group) is 1. The molecule has 0 amide bonds. The van der Waals surface area contributed by atoms with Crippen molar-refractivity contribution in [3.05, 3.63) is 0 Å². The van der Waals surface area contributed by atoms with Gasteiger partial charge in [0.25, 0.3) is 0 Å². The summed E-state index contributed by atoms with van der Waals surface area (Å²) in [6, 6.07) is 0.700. The monoisotopic (exact) mass is 186 g/mol. The van der Waals surface area contributed by atoms with E-state index in [1.807, 2.05) is 0 Å². The van der Waals surface area contributed by atoms with Gasteiger partial charge < -0.3 is 15.3 Å². The van der Waals surface area contributed by atoms with Crippen LogP contribution in [0.1, 0.15) is 26.2 Å². The van der Waals surface area contributed by atoms with Gasteiger partial charge in [-0.2, -0.15) is 0 Å². The maximum atomic E-state index is 9.62. The van der Waals surface area contributed by atoms with Crippen molar-refractivity contribution in [2.45, 2.75) is 38.3 Å². The highest BCUT2D eigenvalue weighted by Crippen LogP contribution is 2.18. The minimum absolute atomic E-state index is 0.211. The number of aliphatic hydroxyl groups is 1. The molecule has 0 aromatic rings. The van der Waals surface area contributed by atoms with E-state index in [1.165, 1.54) is 12.8 Å². The Labute approximate surface area is 81.1 Å². The van der Waals surface area contributed by atoms with Gasteiger partial charge in [0.1, 0.15) is 0 Å². The molecule has 13 heavy (non-hydrogen) atoms. The highest BCUT2D eigenvalue weighted by Gasteiger charge is 2.21. The quantitative estimate of drug-likeness (QED) is 0.605. The van der Waals surface area contributed by atoms with Gasteiger partial charge >= 0.3 is 0 Å². The fourth-order valence-corrected chi connectivity index (χ4v) is 1.49. The molecular formula is C10H22N2O. The topological polar surface area (TPSA) is 35.5 Å². The van der Waals surface area contributed by atoms with Gasteiger partial charge in [-0.15, -0.1) is 0 Å². The summed E-state index contributed by atoms with van der Waals surface area (Å²) in [7, 11) is 2.06. The highest BCUT2D eigenvalue weighted by molar-refractivity contribution is 4.82. The van der Waals surface area contributed by atoms with Crippen LogP contribution in [0.25, 0.3) is 0 Å². The van der Waals surface area contributed by atoms with Crippen molar-refractivity contribution in [1.82, 2.24) is 10.2 Å². The molecule has 1 rings (SSSR count). The first-order valence-corrected chi connectivity index (χ1v) is 5.32. The van der Waals surface area contributed by atoms with Crippen molar-refractivity contribution in [2.75, 3.05) is 26.7 Å². The van der Waals surface area contributed by atoms with Gasteiger partial charge in [-0.1, -0.05) is 6.92 Å². The largest absolute Gasteiger partial charge is 0.390 e. The molecule has 1 unspecified atom stereocenters. The average molecular weight is 186 g/mol. The zero-order valence-electron chi connectivity index (χ0n) is 8.79. The van der Waals surface area contributed by atoms with Crippen LogP contribution in [0, 0.1) is 0 Å². The smallest absolute Gasteiger partial charge is 0.0791 e. The summed E-state index contributed by atoms with van der Waals surface area (Å²) in [5.41, 5.74) is 0. The molecule has 0 heterocycles. The van der Waals surface area contributed by atoms with Crippen molar-refractivity contribution in [3.63, 3.8) is 0 Å². The van der Waals surface area contributed by atoms with Crippen LogP contribution >= 0.6 is 0 Å². The fraction of sp³-hybridized carbons (Fsp3) is 1.00. The molecule has 0 bridgehead atoms. The van der Waals surface area contributed by atoms with E-state index in [4.69, 9.17) is 0 Å². The molecule has 1 aliphatic rings. The Balaban J connectivity index is 1.97. The lowest BCUT2D eigenvalue weighted by Gasteiger charge is -2.19. The third kappa shape index (κ3) is 5.24. The van der Waals surface area contributed by atoms with E-state index in [-0.39, 0.29) is 6.10 Å². The lowest BCUT2D eigenvalue weighted by atomic mass is 10.3. The van der Waals surface area contributed by atoms with Crippen LogP contribution in [0.15, 0.2) is 0 Å². The van der Waals surface area contributed by atoms with Gasteiger partial charge in [0.15, 0.2) is 0 Å². The number of nitrogens with one attached hydrogen (secondary N) is 1. The summed E-state index contributed by atoms with van der Waals surface area (Å²) in [6.07, 6.45) is 3.52. The molecular weight excluding hydrogens is 164 g/mol.